The average molecular weight is 593 g/mol. The predicted octanol–water partition coefficient (Wildman–Crippen LogP) is 4.15. The van der Waals surface area contributed by atoms with E-state index in [0.29, 0.717) is 48.1 Å². The van der Waals surface area contributed by atoms with Crippen LogP contribution in [0.1, 0.15) is 34.0 Å². The van der Waals surface area contributed by atoms with Crippen LogP contribution in [0.5, 0.6) is 17.2 Å². The molecule has 2 amide bonds. The second-order valence-electron chi connectivity index (χ2n) is 11.4. The van der Waals surface area contributed by atoms with Crippen LogP contribution in [0.25, 0.3) is 0 Å². The summed E-state index contributed by atoms with van der Waals surface area (Å²) in [5.74, 6) is 1.55. The number of carbonyl (C=O) groups excluding carboxylic acids is 2. The van der Waals surface area contributed by atoms with E-state index in [0.717, 1.165) is 29.9 Å². The molecule has 10 heteroatoms. The molecule has 0 radical (unpaired) electrons. The van der Waals surface area contributed by atoms with E-state index in [1.54, 1.807) is 36.4 Å². The average Bonchev–Trinajstić information content (AvgIpc) is 3.52. The first-order valence-corrected chi connectivity index (χ1v) is 14.7. The number of aromatic nitrogens is 1. The normalized spacial score (nSPS) is 17.9. The van der Waals surface area contributed by atoms with Gasteiger partial charge in [-0.2, -0.15) is 0 Å². The second kappa shape index (κ2) is 11.8. The van der Waals surface area contributed by atoms with E-state index in [4.69, 9.17) is 14.2 Å². The number of nitrogens with one attached hydrogen (secondary N) is 2. The fraction of sp³-hybridized carbons (Fsp3) is 0.265. The zero-order chi connectivity index (χ0) is 30.0. The minimum atomic E-state index is -0.361. The van der Waals surface area contributed by atoms with E-state index >= 15 is 0 Å². The van der Waals surface area contributed by atoms with Crippen molar-refractivity contribution in [3.63, 3.8) is 0 Å². The molecule has 10 nitrogen and oxygen atoms in total. The van der Waals surface area contributed by atoms with Gasteiger partial charge >= 0.3 is 0 Å². The van der Waals surface area contributed by atoms with Crippen LogP contribution in [-0.4, -0.2) is 42.9 Å². The summed E-state index contributed by atoms with van der Waals surface area (Å²) in [5.41, 5.74) is 3.85. The highest BCUT2D eigenvalue weighted by Crippen LogP contribution is 2.39. The van der Waals surface area contributed by atoms with E-state index in [1.165, 1.54) is 0 Å². The minimum absolute atomic E-state index is 0.0342. The molecular formula is C34H32N4O6. The molecule has 2 N–H and O–H groups in total. The molecule has 0 saturated carbocycles. The van der Waals surface area contributed by atoms with Gasteiger partial charge < -0.3 is 34.3 Å². The lowest BCUT2D eigenvalue weighted by Crippen LogP contribution is -2.47. The van der Waals surface area contributed by atoms with Gasteiger partial charge in [-0.05, 0) is 54.3 Å². The first-order chi connectivity index (χ1) is 21.5. The second-order valence-corrected chi connectivity index (χ2v) is 11.4. The summed E-state index contributed by atoms with van der Waals surface area (Å²) in [6.07, 6.45) is 1.00. The zero-order valence-corrected chi connectivity index (χ0v) is 24.0. The Hall–Kier alpha value is -5.25. The molecule has 2 atom stereocenters. The van der Waals surface area contributed by atoms with Crippen LogP contribution in [0, 0.1) is 5.92 Å². The third kappa shape index (κ3) is 5.70. The summed E-state index contributed by atoms with van der Waals surface area (Å²) in [5, 5.41) is 5.96. The molecular weight excluding hydrogens is 560 g/mol. The largest absolute Gasteiger partial charge is 0.484 e. The number of piperidine rings is 1. The van der Waals surface area contributed by atoms with Gasteiger partial charge in [-0.25, -0.2) is 0 Å². The smallest absolute Gasteiger partial charge is 0.262 e. The van der Waals surface area contributed by atoms with Crippen LogP contribution in [0.4, 0.5) is 11.4 Å². The number of ether oxygens (including phenoxy) is 3. The molecule has 0 aliphatic carbocycles. The maximum absolute atomic E-state index is 13.2. The van der Waals surface area contributed by atoms with Gasteiger partial charge in [0.1, 0.15) is 5.75 Å². The predicted molar refractivity (Wildman–Crippen MR) is 165 cm³/mol. The molecule has 1 fully saturated rings. The van der Waals surface area contributed by atoms with E-state index in [2.05, 4.69) is 15.5 Å². The van der Waals surface area contributed by atoms with E-state index < -0.39 is 0 Å². The quantitative estimate of drug-likeness (QED) is 0.316. The Morgan fingerprint density at radius 2 is 1.75 bits per heavy atom. The Balaban J connectivity index is 1.12. The van der Waals surface area contributed by atoms with Gasteiger partial charge in [0.15, 0.2) is 18.1 Å². The summed E-state index contributed by atoms with van der Waals surface area (Å²) < 4.78 is 18.4. The molecule has 3 aliphatic heterocycles. The lowest BCUT2D eigenvalue weighted by molar-refractivity contribution is -0.118. The molecule has 4 aromatic rings. The van der Waals surface area contributed by atoms with Crippen molar-refractivity contribution in [3.8, 4) is 17.2 Å². The maximum atomic E-state index is 13.2. The molecule has 1 saturated heterocycles. The SMILES string of the molecule is O=C(COc1ccc2c(c1)OCO2)Nc1cc(C(=O)NCc2ccccc2)ccc1N1CC2CC(C1)c1cccc(=O)n1C2. The number of fused-ring (bicyclic) bond motifs is 5. The summed E-state index contributed by atoms with van der Waals surface area (Å²) in [7, 11) is 0. The van der Waals surface area contributed by atoms with E-state index in [1.807, 2.05) is 53.1 Å². The fourth-order valence-electron chi connectivity index (χ4n) is 6.33. The number of nitrogens with zero attached hydrogens (tertiary/aromatic N) is 2. The van der Waals surface area contributed by atoms with Crippen LogP contribution < -0.4 is 35.3 Å². The number of hydrogen-bond donors (Lipinski definition) is 2. The fourth-order valence-corrected chi connectivity index (χ4v) is 6.33. The molecule has 44 heavy (non-hydrogen) atoms. The van der Waals surface area contributed by atoms with Crippen LogP contribution in [0.2, 0.25) is 0 Å². The van der Waals surface area contributed by atoms with Gasteiger partial charge in [-0.15, -0.1) is 0 Å². The Morgan fingerprint density at radius 1 is 0.886 bits per heavy atom. The van der Waals surface area contributed by atoms with Crippen LogP contribution in [0.3, 0.4) is 0 Å². The number of rotatable bonds is 8. The maximum Gasteiger partial charge on any atom is 0.262 e. The van der Waals surface area contributed by atoms with Gasteiger partial charge in [-0.1, -0.05) is 36.4 Å². The standard InChI is InChI=1S/C34H32N4O6/c39-32(20-42-26-10-12-30-31(15-26)44-21-43-30)36-27-14-24(34(41)35-16-22-5-2-1-3-6-22)9-11-29(27)37-17-23-13-25(19-37)28-7-4-8-33(40)38(28)18-23/h1-12,14-15,23,25H,13,16-21H2,(H,35,41)(H,36,39). The molecule has 224 valence electrons. The number of carbonyl (C=O) groups is 2. The molecule has 2 bridgehead atoms. The van der Waals surface area contributed by atoms with Crippen molar-refractivity contribution in [2.24, 2.45) is 5.92 Å². The van der Waals surface area contributed by atoms with Crippen molar-refractivity contribution in [1.29, 1.82) is 0 Å². The topological polar surface area (TPSA) is 111 Å². The Morgan fingerprint density at radius 3 is 2.64 bits per heavy atom. The van der Waals surface area contributed by atoms with Crippen LogP contribution in [-0.2, 0) is 17.9 Å². The Labute approximate surface area is 254 Å². The first kappa shape index (κ1) is 27.6. The van der Waals surface area contributed by atoms with Crippen molar-refractivity contribution >= 4 is 23.2 Å². The number of anilines is 2. The highest BCUT2D eigenvalue weighted by Gasteiger charge is 2.35. The van der Waals surface area contributed by atoms with E-state index in [-0.39, 0.29) is 42.6 Å². The molecule has 2 unspecified atom stereocenters. The van der Waals surface area contributed by atoms with Gasteiger partial charge in [-0.3, -0.25) is 14.4 Å². The summed E-state index contributed by atoms with van der Waals surface area (Å²) >= 11 is 0. The number of benzene rings is 3. The molecule has 3 aliphatic rings. The highest BCUT2D eigenvalue weighted by atomic mass is 16.7. The minimum Gasteiger partial charge on any atom is -0.484 e. The van der Waals surface area contributed by atoms with Gasteiger partial charge in [0.25, 0.3) is 17.4 Å². The molecule has 1 aromatic heterocycles. The van der Waals surface area contributed by atoms with Gasteiger partial charge in [0, 0.05) is 55.5 Å². The Kier molecular flexibility index (Phi) is 7.39. The van der Waals surface area contributed by atoms with Crippen molar-refractivity contribution in [1.82, 2.24) is 9.88 Å². The molecule has 0 spiro atoms. The number of pyridine rings is 1. The molecule has 4 heterocycles. The van der Waals surface area contributed by atoms with Crippen LogP contribution >= 0.6 is 0 Å². The van der Waals surface area contributed by atoms with Crippen molar-refractivity contribution in [3.05, 3.63) is 112 Å². The highest BCUT2D eigenvalue weighted by molar-refractivity contribution is 6.00. The van der Waals surface area contributed by atoms with Crippen molar-refractivity contribution in [2.45, 2.75) is 25.4 Å². The van der Waals surface area contributed by atoms with Crippen molar-refractivity contribution < 1.29 is 23.8 Å². The summed E-state index contributed by atoms with van der Waals surface area (Å²) in [4.78, 5) is 41.1. The number of hydrogen-bond acceptors (Lipinski definition) is 7. The zero-order valence-electron chi connectivity index (χ0n) is 24.0. The third-order valence-electron chi connectivity index (χ3n) is 8.36. The molecule has 7 rings (SSSR count). The summed E-state index contributed by atoms with van der Waals surface area (Å²) in [6, 6.07) is 25.7. The molecule has 3 aromatic carbocycles. The van der Waals surface area contributed by atoms with Gasteiger partial charge in [0.2, 0.25) is 6.79 Å². The van der Waals surface area contributed by atoms with E-state index in [9.17, 15) is 14.4 Å². The van der Waals surface area contributed by atoms with Crippen LogP contribution in [0.15, 0.2) is 89.7 Å². The van der Waals surface area contributed by atoms with Crippen molar-refractivity contribution in [2.75, 3.05) is 36.7 Å². The summed E-state index contributed by atoms with van der Waals surface area (Å²) in [6.45, 7) is 2.39. The number of amides is 2. The third-order valence-corrected chi connectivity index (χ3v) is 8.36. The lowest BCUT2D eigenvalue weighted by Gasteiger charge is -2.44. The van der Waals surface area contributed by atoms with Gasteiger partial charge in [0.05, 0.1) is 11.4 Å². The lowest BCUT2D eigenvalue weighted by atomic mass is 9.83. The monoisotopic (exact) mass is 592 g/mol. The first-order valence-electron chi connectivity index (χ1n) is 14.7. The Bertz CT molecular complexity index is 1770.